The van der Waals surface area contributed by atoms with Crippen molar-refractivity contribution in [3.63, 3.8) is 0 Å². The second-order valence-electron chi connectivity index (χ2n) is 9.72. The Kier molecular flexibility index (Phi) is 6.77. The third kappa shape index (κ3) is 5.31. The summed E-state index contributed by atoms with van der Waals surface area (Å²) in [5, 5.41) is 5.33. The predicted octanol–water partition coefficient (Wildman–Crippen LogP) is 4.29. The lowest BCUT2D eigenvalue weighted by atomic mass is 10.2. The number of urea groups is 1. The normalized spacial score (nSPS) is 18.1. The van der Waals surface area contributed by atoms with Gasteiger partial charge in [-0.3, -0.25) is 5.32 Å². The standard InChI is InChI=1S/C26H31FN8OS/c27-20-7-5-19(6-8-20)21-18-37-25(28-21)31-26(36)35-15-13-33(14-16-35)23-17-22(32-9-1-2-10-32)29-24(30-23)34-11-3-4-12-34/h5-8,17-18H,1-4,9-16H2,(H,28,31,36). The molecule has 3 aliphatic heterocycles. The molecular weight excluding hydrogens is 491 g/mol. The van der Waals surface area contributed by atoms with Crippen LogP contribution >= 0.6 is 11.3 Å². The molecule has 0 unspecified atom stereocenters. The van der Waals surface area contributed by atoms with Crippen LogP contribution in [0.15, 0.2) is 35.7 Å². The van der Waals surface area contributed by atoms with Crippen molar-refractivity contribution in [2.75, 3.05) is 72.4 Å². The number of rotatable bonds is 5. The molecule has 37 heavy (non-hydrogen) atoms. The molecule has 3 aromatic rings. The monoisotopic (exact) mass is 522 g/mol. The van der Waals surface area contributed by atoms with Gasteiger partial charge in [0.2, 0.25) is 5.95 Å². The van der Waals surface area contributed by atoms with E-state index in [0.717, 1.165) is 55.0 Å². The van der Waals surface area contributed by atoms with Gasteiger partial charge in [0.25, 0.3) is 0 Å². The highest BCUT2D eigenvalue weighted by Crippen LogP contribution is 2.28. The molecule has 5 heterocycles. The lowest BCUT2D eigenvalue weighted by molar-refractivity contribution is 0.208. The molecular formula is C26H31FN8OS. The molecule has 9 nitrogen and oxygen atoms in total. The first-order valence-electron chi connectivity index (χ1n) is 13.0. The Labute approximate surface area is 219 Å². The summed E-state index contributed by atoms with van der Waals surface area (Å²) in [6.45, 7) is 6.73. The van der Waals surface area contributed by atoms with Crippen LogP contribution in [0, 0.1) is 5.82 Å². The van der Waals surface area contributed by atoms with Gasteiger partial charge in [-0.05, 0) is 49.9 Å². The zero-order valence-electron chi connectivity index (χ0n) is 20.8. The lowest BCUT2D eigenvalue weighted by Crippen LogP contribution is -2.50. The minimum Gasteiger partial charge on any atom is -0.356 e. The Balaban J connectivity index is 1.10. The van der Waals surface area contributed by atoms with Crippen LogP contribution in [0.4, 0.5) is 31.9 Å². The number of hydrogen-bond donors (Lipinski definition) is 1. The van der Waals surface area contributed by atoms with Crippen molar-refractivity contribution in [2.24, 2.45) is 0 Å². The van der Waals surface area contributed by atoms with E-state index in [9.17, 15) is 9.18 Å². The van der Waals surface area contributed by atoms with Crippen molar-refractivity contribution in [1.82, 2.24) is 19.9 Å². The van der Waals surface area contributed by atoms with Gasteiger partial charge in [-0.15, -0.1) is 11.3 Å². The fraction of sp³-hybridized carbons (Fsp3) is 0.462. The van der Waals surface area contributed by atoms with E-state index in [4.69, 9.17) is 9.97 Å². The summed E-state index contributed by atoms with van der Waals surface area (Å²) in [5.74, 6) is 2.51. The molecule has 3 aliphatic rings. The maximum absolute atomic E-state index is 13.2. The van der Waals surface area contributed by atoms with E-state index in [0.29, 0.717) is 31.3 Å². The molecule has 0 saturated carbocycles. The SMILES string of the molecule is O=C(Nc1nc(-c2ccc(F)cc2)cs1)N1CCN(c2cc(N3CCCC3)nc(N3CCCC3)n2)CC1. The summed E-state index contributed by atoms with van der Waals surface area (Å²) in [6, 6.07) is 8.16. The molecule has 0 bridgehead atoms. The number of halogens is 1. The number of thiazole rings is 1. The van der Waals surface area contributed by atoms with E-state index in [1.807, 2.05) is 10.3 Å². The topological polar surface area (TPSA) is 80.7 Å². The van der Waals surface area contributed by atoms with Crippen LogP contribution in [-0.2, 0) is 0 Å². The molecule has 0 atom stereocenters. The van der Waals surface area contributed by atoms with Gasteiger partial charge in [0.1, 0.15) is 17.5 Å². The average Bonchev–Trinajstić information content (AvgIpc) is 3.72. The summed E-state index contributed by atoms with van der Waals surface area (Å²) in [7, 11) is 0. The zero-order valence-corrected chi connectivity index (χ0v) is 21.6. The van der Waals surface area contributed by atoms with Gasteiger partial charge in [-0.25, -0.2) is 14.2 Å². The van der Waals surface area contributed by atoms with Crippen molar-refractivity contribution in [3.8, 4) is 11.3 Å². The quantitative estimate of drug-likeness (QED) is 0.535. The van der Waals surface area contributed by atoms with E-state index in [2.05, 4.69) is 31.1 Å². The van der Waals surface area contributed by atoms with Crippen LogP contribution in [0.1, 0.15) is 25.7 Å². The number of carbonyl (C=O) groups is 1. The summed E-state index contributed by atoms with van der Waals surface area (Å²) in [4.78, 5) is 36.0. The second-order valence-corrected chi connectivity index (χ2v) is 10.6. The number of amides is 2. The molecule has 2 amide bonds. The Morgan fingerprint density at radius 1 is 0.784 bits per heavy atom. The van der Waals surface area contributed by atoms with Crippen LogP contribution in [0.25, 0.3) is 11.3 Å². The van der Waals surface area contributed by atoms with Gasteiger partial charge in [0.05, 0.1) is 5.69 Å². The first-order valence-corrected chi connectivity index (χ1v) is 13.9. The first-order chi connectivity index (χ1) is 18.1. The van der Waals surface area contributed by atoms with Crippen LogP contribution in [0.5, 0.6) is 0 Å². The van der Waals surface area contributed by atoms with E-state index in [1.165, 1.54) is 49.2 Å². The number of carbonyl (C=O) groups excluding carboxylic acids is 1. The number of benzene rings is 1. The van der Waals surface area contributed by atoms with Crippen molar-refractivity contribution < 1.29 is 9.18 Å². The molecule has 1 N–H and O–H groups in total. The highest BCUT2D eigenvalue weighted by atomic mass is 32.1. The van der Waals surface area contributed by atoms with E-state index in [1.54, 1.807) is 12.1 Å². The Bertz CT molecular complexity index is 1200. The average molecular weight is 523 g/mol. The van der Waals surface area contributed by atoms with Gasteiger partial charge >= 0.3 is 6.03 Å². The number of hydrogen-bond acceptors (Lipinski definition) is 8. The Morgan fingerprint density at radius 3 is 2.03 bits per heavy atom. The van der Waals surface area contributed by atoms with E-state index < -0.39 is 0 Å². The number of nitrogens with zero attached hydrogens (tertiary/aromatic N) is 7. The van der Waals surface area contributed by atoms with Crippen molar-refractivity contribution in [2.45, 2.75) is 25.7 Å². The number of piperazine rings is 1. The predicted molar refractivity (Wildman–Crippen MR) is 145 cm³/mol. The maximum Gasteiger partial charge on any atom is 0.323 e. The largest absolute Gasteiger partial charge is 0.356 e. The first kappa shape index (κ1) is 23.9. The molecule has 3 saturated heterocycles. The molecule has 0 radical (unpaired) electrons. The second kappa shape index (κ2) is 10.5. The van der Waals surface area contributed by atoms with E-state index in [-0.39, 0.29) is 11.8 Å². The highest BCUT2D eigenvalue weighted by molar-refractivity contribution is 7.14. The van der Waals surface area contributed by atoms with Gasteiger partial charge in [-0.2, -0.15) is 9.97 Å². The number of anilines is 4. The molecule has 0 spiro atoms. The molecule has 1 aromatic carbocycles. The minimum absolute atomic E-state index is 0.155. The fourth-order valence-electron chi connectivity index (χ4n) is 5.13. The van der Waals surface area contributed by atoms with Crippen molar-refractivity contribution in [1.29, 1.82) is 0 Å². The summed E-state index contributed by atoms with van der Waals surface area (Å²) < 4.78 is 13.2. The Hall–Kier alpha value is -3.47. The third-order valence-electron chi connectivity index (χ3n) is 7.26. The third-order valence-corrected chi connectivity index (χ3v) is 8.01. The van der Waals surface area contributed by atoms with Crippen molar-refractivity contribution in [3.05, 3.63) is 41.5 Å². The van der Waals surface area contributed by atoms with Gasteiger partial charge in [0.15, 0.2) is 5.13 Å². The number of aromatic nitrogens is 3. The molecule has 0 aliphatic carbocycles. The minimum atomic E-state index is -0.284. The van der Waals surface area contributed by atoms with Crippen LogP contribution in [-0.4, -0.2) is 78.2 Å². The molecule has 2 aromatic heterocycles. The maximum atomic E-state index is 13.2. The molecule has 6 rings (SSSR count). The van der Waals surface area contributed by atoms with Gasteiger partial charge in [0, 0.05) is 69.4 Å². The summed E-state index contributed by atoms with van der Waals surface area (Å²) >= 11 is 1.37. The number of nitrogens with one attached hydrogen (secondary N) is 1. The van der Waals surface area contributed by atoms with Crippen molar-refractivity contribution >= 4 is 40.1 Å². The van der Waals surface area contributed by atoms with Gasteiger partial charge < -0.3 is 19.6 Å². The molecule has 194 valence electrons. The Morgan fingerprint density at radius 2 is 1.38 bits per heavy atom. The van der Waals surface area contributed by atoms with Crippen LogP contribution < -0.4 is 20.0 Å². The highest BCUT2D eigenvalue weighted by Gasteiger charge is 2.26. The summed E-state index contributed by atoms with van der Waals surface area (Å²) in [6.07, 6.45) is 4.78. The van der Waals surface area contributed by atoms with Gasteiger partial charge in [-0.1, -0.05) is 0 Å². The smallest absolute Gasteiger partial charge is 0.323 e. The molecule has 3 fully saturated rings. The van der Waals surface area contributed by atoms with Crippen LogP contribution in [0.2, 0.25) is 0 Å². The van der Waals surface area contributed by atoms with Crippen LogP contribution in [0.3, 0.4) is 0 Å². The van der Waals surface area contributed by atoms with E-state index >= 15 is 0 Å². The zero-order chi connectivity index (χ0) is 25.2. The molecule has 11 heteroatoms. The summed E-state index contributed by atoms with van der Waals surface area (Å²) in [5.41, 5.74) is 1.54. The fourth-order valence-corrected chi connectivity index (χ4v) is 5.84. The lowest BCUT2D eigenvalue weighted by Gasteiger charge is -2.35.